The Morgan fingerprint density at radius 1 is 1.25 bits per heavy atom. The van der Waals surface area contributed by atoms with Crippen LogP contribution in [-0.4, -0.2) is 20.6 Å². The second kappa shape index (κ2) is 6.70. The molecule has 0 saturated carbocycles. The molecular formula is C18H19N3O3. The Labute approximate surface area is 138 Å². The van der Waals surface area contributed by atoms with E-state index in [2.05, 4.69) is 9.97 Å². The molecule has 1 unspecified atom stereocenters. The van der Waals surface area contributed by atoms with Crippen LogP contribution in [0.15, 0.2) is 52.2 Å². The summed E-state index contributed by atoms with van der Waals surface area (Å²) in [7, 11) is 0. The number of benzene rings is 1. The zero-order valence-corrected chi connectivity index (χ0v) is 13.7. The van der Waals surface area contributed by atoms with E-state index in [4.69, 9.17) is 4.74 Å². The fraction of sp³-hybridized carbons (Fsp3) is 0.278. The average molecular weight is 325 g/mol. The highest BCUT2D eigenvalue weighted by atomic mass is 16.5. The minimum Gasteiger partial charge on any atom is -0.489 e. The number of nitrogens with one attached hydrogen (secondary N) is 1. The quantitative estimate of drug-likeness (QED) is 0.780. The van der Waals surface area contributed by atoms with Crippen molar-refractivity contribution < 1.29 is 4.74 Å². The highest BCUT2D eigenvalue weighted by molar-refractivity contribution is 5.71. The molecule has 0 amide bonds. The Morgan fingerprint density at radius 2 is 2.08 bits per heavy atom. The van der Waals surface area contributed by atoms with E-state index in [-0.39, 0.29) is 18.2 Å². The SMILES string of the molecule is CCC(Cn1c(=O)[nH]c2cccnc2c1=O)Oc1cccc(C)c1. The van der Waals surface area contributed by atoms with Gasteiger partial charge in [0.05, 0.1) is 12.1 Å². The number of nitrogens with zero attached hydrogens (tertiary/aromatic N) is 2. The minimum atomic E-state index is -0.452. The number of fused-ring (bicyclic) bond motifs is 1. The van der Waals surface area contributed by atoms with E-state index in [1.165, 1.54) is 6.20 Å². The number of hydrogen-bond donors (Lipinski definition) is 1. The van der Waals surface area contributed by atoms with Crippen molar-refractivity contribution >= 4 is 11.0 Å². The lowest BCUT2D eigenvalue weighted by molar-refractivity contribution is 0.172. The maximum Gasteiger partial charge on any atom is 0.329 e. The molecule has 6 heteroatoms. The molecule has 0 aliphatic heterocycles. The monoisotopic (exact) mass is 325 g/mol. The predicted molar refractivity (Wildman–Crippen MR) is 92.5 cm³/mol. The van der Waals surface area contributed by atoms with E-state index in [1.807, 2.05) is 38.1 Å². The first kappa shape index (κ1) is 16.0. The number of rotatable bonds is 5. The van der Waals surface area contributed by atoms with Gasteiger partial charge in [-0.25, -0.2) is 9.78 Å². The van der Waals surface area contributed by atoms with Gasteiger partial charge in [-0.1, -0.05) is 19.1 Å². The van der Waals surface area contributed by atoms with Gasteiger partial charge in [-0.3, -0.25) is 9.36 Å². The molecule has 0 radical (unpaired) electrons. The number of pyridine rings is 1. The van der Waals surface area contributed by atoms with Crippen LogP contribution in [0.1, 0.15) is 18.9 Å². The van der Waals surface area contributed by atoms with Crippen LogP contribution < -0.4 is 16.0 Å². The number of H-pyrrole nitrogens is 1. The molecule has 3 aromatic rings. The molecule has 0 aliphatic carbocycles. The summed E-state index contributed by atoms with van der Waals surface area (Å²) >= 11 is 0. The van der Waals surface area contributed by atoms with Crippen LogP contribution in [0.3, 0.4) is 0 Å². The number of aryl methyl sites for hydroxylation is 1. The molecule has 2 aromatic heterocycles. The maximum absolute atomic E-state index is 12.5. The van der Waals surface area contributed by atoms with Gasteiger partial charge in [0.15, 0.2) is 5.52 Å². The lowest BCUT2D eigenvalue weighted by atomic mass is 10.2. The van der Waals surface area contributed by atoms with Crippen molar-refractivity contribution in [2.45, 2.75) is 32.9 Å². The molecule has 1 aromatic carbocycles. The Kier molecular flexibility index (Phi) is 4.46. The highest BCUT2D eigenvalue weighted by Gasteiger charge is 2.15. The van der Waals surface area contributed by atoms with Crippen molar-refractivity contribution in [3.63, 3.8) is 0 Å². The third kappa shape index (κ3) is 3.22. The third-order valence-electron chi connectivity index (χ3n) is 3.88. The summed E-state index contributed by atoms with van der Waals surface area (Å²) < 4.78 is 7.09. The van der Waals surface area contributed by atoms with E-state index >= 15 is 0 Å². The fourth-order valence-electron chi connectivity index (χ4n) is 2.58. The summed E-state index contributed by atoms with van der Waals surface area (Å²) in [6, 6.07) is 11.0. The van der Waals surface area contributed by atoms with Crippen LogP contribution in [0.4, 0.5) is 0 Å². The Morgan fingerprint density at radius 3 is 2.83 bits per heavy atom. The van der Waals surface area contributed by atoms with E-state index in [0.29, 0.717) is 11.9 Å². The van der Waals surface area contributed by atoms with Gasteiger partial charge < -0.3 is 9.72 Å². The number of ether oxygens (including phenoxy) is 1. The zero-order chi connectivity index (χ0) is 17.1. The molecule has 2 heterocycles. The molecule has 3 rings (SSSR count). The number of aromatic amines is 1. The summed E-state index contributed by atoms with van der Waals surface area (Å²) in [5.41, 5.74) is 0.929. The van der Waals surface area contributed by atoms with Gasteiger partial charge in [0.2, 0.25) is 0 Å². The average Bonchev–Trinajstić information content (AvgIpc) is 2.57. The lowest BCUT2D eigenvalue weighted by Crippen LogP contribution is -2.40. The predicted octanol–water partition coefficient (Wildman–Crippen LogP) is 2.25. The summed E-state index contributed by atoms with van der Waals surface area (Å²) in [6.45, 7) is 4.11. The summed E-state index contributed by atoms with van der Waals surface area (Å²) in [4.78, 5) is 31.5. The van der Waals surface area contributed by atoms with Crippen molar-refractivity contribution in [3.8, 4) is 5.75 Å². The van der Waals surface area contributed by atoms with Crippen LogP contribution >= 0.6 is 0 Å². The molecule has 24 heavy (non-hydrogen) atoms. The summed E-state index contributed by atoms with van der Waals surface area (Å²) in [6.07, 6.45) is 1.92. The van der Waals surface area contributed by atoms with Gasteiger partial charge in [0.1, 0.15) is 11.9 Å². The van der Waals surface area contributed by atoms with Crippen molar-refractivity contribution in [1.82, 2.24) is 14.5 Å². The normalized spacial score (nSPS) is 12.2. The Bertz CT molecular complexity index is 975. The summed E-state index contributed by atoms with van der Waals surface area (Å²) in [5.74, 6) is 0.727. The van der Waals surface area contributed by atoms with Crippen molar-refractivity contribution in [2.75, 3.05) is 0 Å². The maximum atomic E-state index is 12.5. The molecule has 0 fully saturated rings. The van der Waals surface area contributed by atoms with Crippen LogP contribution in [-0.2, 0) is 6.54 Å². The van der Waals surface area contributed by atoms with Gasteiger partial charge in [-0.15, -0.1) is 0 Å². The standard InChI is InChI=1S/C18H19N3O3/c1-3-13(24-14-7-4-6-12(2)10-14)11-21-17(22)16-15(20-18(21)23)8-5-9-19-16/h4-10,13H,3,11H2,1-2H3,(H,20,23). The van der Waals surface area contributed by atoms with E-state index in [0.717, 1.165) is 15.9 Å². The number of aromatic nitrogens is 3. The van der Waals surface area contributed by atoms with Crippen LogP contribution in [0.2, 0.25) is 0 Å². The first-order valence-corrected chi connectivity index (χ1v) is 7.89. The molecule has 0 saturated heterocycles. The molecule has 1 N–H and O–H groups in total. The van der Waals surface area contributed by atoms with E-state index in [9.17, 15) is 9.59 Å². The first-order valence-electron chi connectivity index (χ1n) is 7.89. The van der Waals surface area contributed by atoms with Gasteiger partial charge >= 0.3 is 5.69 Å². The second-order valence-electron chi connectivity index (χ2n) is 5.71. The number of hydrogen-bond acceptors (Lipinski definition) is 4. The van der Waals surface area contributed by atoms with Crippen molar-refractivity contribution in [2.24, 2.45) is 0 Å². The molecule has 6 nitrogen and oxygen atoms in total. The zero-order valence-electron chi connectivity index (χ0n) is 13.7. The first-order chi connectivity index (χ1) is 11.6. The van der Waals surface area contributed by atoms with Gasteiger partial charge in [0.25, 0.3) is 5.56 Å². The van der Waals surface area contributed by atoms with Gasteiger partial charge in [0, 0.05) is 6.20 Å². The van der Waals surface area contributed by atoms with E-state index in [1.54, 1.807) is 12.1 Å². The fourth-order valence-corrected chi connectivity index (χ4v) is 2.58. The van der Waals surface area contributed by atoms with Crippen LogP contribution in [0, 0.1) is 6.92 Å². The Hall–Kier alpha value is -2.89. The molecule has 124 valence electrons. The van der Waals surface area contributed by atoms with Crippen LogP contribution in [0.25, 0.3) is 11.0 Å². The summed E-state index contributed by atoms with van der Waals surface area (Å²) in [5, 5.41) is 0. The second-order valence-corrected chi connectivity index (χ2v) is 5.71. The molecule has 1 atom stereocenters. The molecule has 0 aliphatic rings. The molecule has 0 spiro atoms. The van der Waals surface area contributed by atoms with Crippen molar-refractivity contribution in [1.29, 1.82) is 0 Å². The smallest absolute Gasteiger partial charge is 0.329 e. The molecule has 0 bridgehead atoms. The van der Waals surface area contributed by atoms with Crippen molar-refractivity contribution in [3.05, 3.63) is 69.0 Å². The van der Waals surface area contributed by atoms with Gasteiger partial charge in [-0.05, 0) is 43.2 Å². The van der Waals surface area contributed by atoms with Gasteiger partial charge in [-0.2, -0.15) is 0 Å². The topological polar surface area (TPSA) is 77.0 Å². The lowest BCUT2D eigenvalue weighted by Gasteiger charge is -2.18. The molecular weight excluding hydrogens is 306 g/mol. The Balaban J connectivity index is 1.92. The third-order valence-corrected chi connectivity index (χ3v) is 3.88. The minimum absolute atomic E-state index is 0.172. The van der Waals surface area contributed by atoms with Crippen LogP contribution in [0.5, 0.6) is 5.75 Å². The van der Waals surface area contributed by atoms with E-state index < -0.39 is 11.2 Å². The highest BCUT2D eigenvalue weighted by Crippen LogP contribution is 2.15. The largest absolute Gasteiger partial charge is 0.489 e.